The SMILES string of the molecule is O=C1CC2(c3ccccc3)CCCC=C2C(=O)N1CC1CCCCC1. The van der Waals surface area contributed by atoms with Gasteiger partial charge in [-0.2, -0.15) is 0 Å². The number of piperidine rings is 1. The highest BCUT2D eigenvalue weighted by Gasteiger charge is 2.49. The van der Waals surface area contributed by atoms with Crippen LogP contribution in [0.2, 0.25) is 0 Å². The molecule has 1 saturated carbocycles. The fraction of sp³-hybridized carbons (Fsp3) is 0.545. The number of carbonyl (C=O) groups excluding carboxylic acids is 2. The van der Waals surface area contributed by atoms with Crippen molar-refractivity contribution in [2.75, 3.05) is 6.54 Å². The number of rotatable bonds is 3. The van der Waals surface area contributed by atoms with Gasteiger partial charge in [0.05, 0.1) is 0 Å². The Labute approximate surface area is 150 Å². The van der Waals surface area contributed by atoms with Gasteiger partial charge in [-0.1, -0.05) is 55.7 Å². The Morgan fingerprint density at radius 1 is 1.00 bits per heavy atom. The molecule has 1 heterocycles. The molecule has 2 amide bonds. The molecule has 25 heavy (non-hydrogen) atoms. The summed E-state index contributed by atoms with van der Waals surface area (Å²) in [7, 11) is 0. The first-order valence-corrected chi connectivity index (χ1v) is 9.81. The van der Waals surface area contributed by atoms with Crippen LogP contribution in [0.1, 0.15) is 63.4 Å². The maximum Gasteiger partial charge on any atom is 0.256 e. The molecule has 1 atom stereocenters. The minimum absolute atomic E-state index is 0.0228. The van der Waals surface area contributed by atoms with Crippen LogP contribution >= 0.6 is 0 Å². The van der Waals surface area contributed by atoms with Gasteiger partial charge in [0.15, 0.2) is 0 Å². The number of likely N-dealkylation sites (tertiary alicyclic amines) is 1. The van der Waals surface area contributed by atoms with Crippen LogP contribution in [0.25, 0.3) is 0 Å². The Morgan fingerprint density at radius 3 is 2.52 bits per heavy atom. The fourth-order valence-corrected chi connectivity index (χ4v) is 5.04. The van der Waals surface area contributed by atoms with Gasteiger partial charge in [-0.3, -0.25) is 14.5 Å². The molecule has 0 N–H and O–H groups in total. The summed E-state index contributed by atoms with van der Waals surface area (Å²) in [6.45, 7) is 0.625. The number of allylic oxidation sites excluding steroid dienone is 1. The van der Waals surface area contributed by atoms with Gasteiger partial charge >= 0.3 is 0 Å². The lowest BCUT2D eigenvalue weighted by atomic mass is 9.63. The minimum atomic E-state index is -0.392. The molecule has 1 aromatic rings. The normalized spacial score (nSPS) is 27.8. The van der Waals surface area contributed by atoms with E-state index in [9.17, 15) is 9.59 Å². The number of carbonyl (C=O) groups is 2. The molecule has 0 bridgehead atoms. The van der Waals surface area contributed by atoms with E-state index in [1.54, 1.807) is 4.90 Å². The van der Waals surface area contributed by atoms with Crippen LogP contribution in [0, 0.1) is 5.92 Å². The van der Waals surface area contributed by atoms with E-state index in [1.165, 1.54) is 19.3 Å². The van der Waals surface area contributed by atoms with E-state index < -0.39 is 5.41 Å². The second kappa shape index (κ2) is 6.78. The molecule has 0 spiro atoms. The van der Waals surface area contributed by atoms with E-state index in [-0.39, 0.29) is 11.8 Å². The number of hydrogen-bond donors (Lipinski definition) is 0. The highest BCUT2D eigenvalue weighted by Crippen LogP contribution is 2.47. The van der Waals surface area contributed by atoms with Gasteiger partial charge in [-0.05, 0) is 43.6 Å². The van der Waals surface area contributed by atoms with Gasteiger partial charge in [0.25, 0.3) is 5.91 Å². The third-order valence-corrected chi connectivity index (χ3v) is 6.39. The second-order valence-electron chi connectivity index (χ2n) is 7.95. The first-order chi connectivity index (χ1) is 12.2. The summed E-state index contributed by atoms with van der Waals surface area (Å²) in [5.74, 6) is 0.499. The summed E-state index contributed by atoms with van der Waals surface area (Å²) in [5.41, 5.74) is 1.61. The van der Waals surface area contributed by atoms with Crippen LogP contribution in [0.3, 0.4) is 0 Å². The van der Waals surface area contributed by atoms with Gasteiger partial charge in [0.2, 0.25) is 5.91 Å². The van der Waals surface area contributed by atoms with E-state index in [2.05, 4.69) is 18.2 Å². The lowest BCUT2D eigenvalue weighted by Gasteiger charge is -2.45. The van der Waals surface area contributed by atoms with Crippen molar-refractivity contribution in [1.82, 2.24) is 4.90 Å². The predicted octanol–water partition coefficient (Wildman–Crippen LogP) is 4.37. The van der Waals surface area contributed by atoms with Gasteiger partial charge in [-0.25, -0.2) is 0 Å². The number of fused-ring (bicyclic) bond motifs is 1. The minimum Gasteiger partial charge on any atom is -0.278 e. The first-order valence-electron chi connectivity index (χ1n) is 9.81. The molecule has 132 valence electrons. The number of nitrogens with zero attached hydrogens (tertiary/aromatic N) is 1. The van der Waals surface area contributed by atoms with Crippen LogP contribution in [0.15, 0.2) is 42.0 Å². The summed E-state index contributed by atoms with van der Waals surface area (Å²) in [4.78, 5) is 27.8. The van der Waals surface area contributed by atoms with Crippen molar-refractivity contribution in [3.8, 4) is 0 Å². The molecule has 3 nitrogen and oxygen atoms in total. The van der Waals surface area contributed by atoms with E-state index >= 15 is 0 Å². The Kier molecular flexibility index (Phi) is 4.49. The van der Waals surface area contributed by atoms with Crippen LogP contribution < -0.4 is 0 Å². The molecule has 1 saturated heterocycles. The highest BCUT2D eigenvalue weighted by atomic mass is 16.2. The van der Waals surface area contributed by atoms with Crippen molar-refractivity contribution in [3.63, 3.8) is 0 Å². The number of imide groups is 1. The monoisotopic (exact) mass is 337 g/mol. The smallest absolute Gasteiger partial charge is 0.256 e. The van der Waals surface area contributed by atoms with Gasteiger partial charge in [0, 0.05) is 24.0 Å². The van der Waals surface area contributed by atoms with E-state index in [4.69, 9.17) is 0 Å². The molecule has 3 aliphatic rings. The molecule has 0 aromatic heterocycles. The first kappa shape index (κ1) is 16.6. The van der Waals surface area contributed by atoms with Crippen LogP contribution in [-0.2, 0) is 15.0 Å². The molecule has 1 aliphatic heterocycles. The molecule has 0 radical (unpaired) electrons. The Morgan fingerprint density at radius 2 is 1.76 bits per heavy atom. The molecule has 4 rings (SSSR count). The molecule has 1 aromatic carbocycles. The van der Waals surface area contributed by atoms with Gasteiger partial charge in [-0.15, -0.1) is 0 Å². The summed E-state index contributed by atoms with van der Waals surface area (Å²) < 4.78 is 0. The van der Waals surface area contributed by atoms with Crippen molar-refractivity contribution in [3.05, 3.63) is 47.5 Å². The summed E-state index contributed by atoms with van der Waals surface area (Å²) in [5, 5.41) is 0. The zero-order valence-electron chi connectivity index (χ0n) is 14.9. The fourth-order valence-electron chi connectivity index (χ4n) is 5.04. The maximum atomic E-state index is 13.3. The zero-order valence-corrected chi connectivity index (χ0v) is 14.9. The van der Waals surface area contributed by atoms with Crippen molar-refractivity contribution < 1.29 is 9.59 Å². The summed E-state index contributed by atoms with van der Waals surface area (Å²) in [6.07, 6.45) is 11.5. The number of benzene rings is 1. The van der Waals surface area contributed by atoms with E-state index in [1.807, 2.05) is 18.2 Å². The predicted molar refractivity (Wildman–Crippen MR) is 98.0 cm³/mol. The largest absolute Gasteiger partial charge is 0.278 e. The van der Waals surface area contributed by atoms with Crippen LogP contribution in [0.4, 0.5) is 0 Å². The molecule has 2 fully saturated rings. The Bertz CT molecular complexity index is 687. The highest BCUT2D eigenvalue weighted by molar-refractivity contribution is 6.10. The topological polar surface area (TPSA) is 37.4 Å². The zero-order chi connectivity index (χ0) is 17.3. The molecular formula is C22H27NO2. The van der Waals surface area contributed by atoms with Crippen LogP contribution in [-0.4, -0.2) is 23.3 Å². The average Bonchev–Trinajstić information content (AvgIpc) is 2.67. The summed E-state index contributed by atoms with van der Waals surface area (Å²) in [6, 6.07) is 10.2. The standard InChI is InChI=1S/C22H27NO2/c24-20-15-22(18-11-5-2-6-12-18)14-8-7-13-19(22)21(25)23(20)16-17-9-3-1-4-10-17/h2,5-6,11-13,17H,1,3-4,7-10,14-16H2. The Hall–Kier alpha value is -1.90. The molecule has 1 unspecified atom stereocenters. The maximum absolute atomic E-state index is 13.3. The van der Waals surface area contributed by atoms with Crippen molar-refractivity contribution in [1.29, 1.82) is 0 Å². The summed E-state index contributed by atoms with van der Waals surface area (Å²) >= 11 is 0. The molecular weight excluding hydrogens is 310 g/mol. The molecule has 2 aliphatic carbocycles. The molecule has 3 heteroatoms. The average molecular weight is 337 g/mol. The Balaban J connectivity index is 1.64. The quantitative estimate of drug-likeness (QED) is 0.768. The van der Waals surface area contributed by atoms with Gasteiger partial charge < -0.3 is 0 Å². The van der Waals surface area contributed by atoms with Gasteiger partial charge in [0.1, 0.15) is 0 Å². The van der Waals surface area contributed by atoms with E-state index in [0.717, 1.165) is 43.2 Å². The third-order valence-electron chi connectivity index (χ3n) is 6.39. The number of amides is 2. The number of hydrogen-bond acceptors (Lipinski definition) is 2. The van der Waals surface area contributed by atoms with Crippen LogP contribution in [0.5, 0.6) is 0 Å². The second-order valence-corrected chi connectivity index (χ2v) is 7.95. The lowest BCUT2D eigenvalue weighted by Crippen LogP contribution is -2.53. The van der Waals surface area contributed by atoms with Crippen molar-refractivity contribution in [2.45, 2.75) is 63.2 Å². The van der Waals surface area contributed by atoms with Crippen molar-refractivity contribution >= 4 is 11.8 Å². The van der Waals surface area contributed by atoms with Crippen molar-refractivity contribution in [2.24, 2.45) is 5.92 Å². The lowest BCUT2D eigenvalue weighted by molar-refractivity contribution is -0.148. The van der Waals surface area contributed by atoms with E-state index in [0.29, 0.717) is 18.9 Å². The third kappa shape index (κ3) is 2.94.